The van der Waals surface area contributed by atoms with Gasteiger partial charge in [0, 0.05) is 18.0 Å². The second-order valence-electron chi connectivity index (χ2n) is 6.79. The van der Waals surface area contributed by atoms with Gasteiger partial charge in [-0.05, 0) is 29.7 Å². The zero-order chi connectivity index (χ0) is 21.7. The quantitative estimate of drug-likeness (QED) is 0.618. The molecule has 0 fully saturated rings. The van der Waals surface area contributed by atoms with Crippen LogP contribution in [-0.4, -0.2) is 39.3 Å². The molecule has 0 spiro atoms. The number of ketones is 1. The number of carboxylic acids is 1. The monoisotopic (exact) mass is 425 g/mol. The molecule has 1 unspecified atom stereocenters. The van der Waals surface area contributed by atoms with Gasteiger partial charge in [-0.25, -0.2) is 0 Å². The number of carbonyl (C=O) groups excluding carboxylic acids is 2. The van der Waals surface area contributed by atoms with Crippen molar-refractivity contribution in [3.8, 4) is 0 Å². The number of amides is 1. The fourth-order valence-corrected chi connectivity index (χ4v) is 3.62. The Hall–Kier alpha value is -3.38. The van der Waals surface area contributed by atoms with E-state index in [0.29, 0.717) is 10.6 Å². The fraction of sp³-hybridized carbons (Fsp3) is 0.174. The van der Waals surface area contributed by atoms with Crippen molar-refractivity contribution in [2.75, 3.05) is 6.54 Å². The van der Waals surface area contributed by atoms with Crippen molar-refractivity contribution in [3.05, 3.63) is 88.2 Å². The van der Waals surface area contributed by atoms with Crippen LogP contribution < -0.4 is 0 Å². The molecule has 2 N–H and O–H groups in total. The van der Waals surface area contributed by atoms with Gasteiger partial charge in [-0.15, -0.1) is 0 Å². The Labute approximate surface area is 178 Å². The van der Waals surface area contributed by atoms with Crippen LogP contribution in [-0.2, 0) is 14.4 Å². The highest BCUT2D eigenvalue weighted by molar-refractivity contribution is 6.31. The molecule has 1 aliphatic rings. The Morgan fingerprint density at radius 1 is 1.07 bits per heavy atom. The third kappa shape index (κ3) is 4.60. The lowest BCUT2D eigenvalue weighted by Crippen LogP contribution is -2.32. The molecule has 0 saturated heterocycles. The van der Waals surface area contributed by atoms with Crippen LogP contribution in [0.4, 0.5) is 0 Å². The van der Waals surface area contributed by atoms with Crippen LogP contribution in [0, 0.1) is 0 Å². The topological polar surface area (TPSA) is 94.9 Å². The summed E-state index contributed by atoms with van der Waals surface area (Å²) in [6, 6.07) is 15.0. The number of aliphatic hydroxyl groups excluding tert-OH is 1. The molecule has 2 aromatic carbocycles. The summed E-state index contributed by atoms with van der Waals surface area (Å²) >= 11 is 6.33. The van der Waals surface area contributed by atoms with Crippen molar-refractivity contribution in [1.29, 1.82) is 0 Å². The number of nitrogens with zero attached hydrogens (tertiary/aromatic N) is 1. The van der Waals surface area contributed by atoms with Crippen molar-refractivity contribution < 1.29 is 24.6 Å². The Balaban J connectivity index is 1.96. The molecule has 1 amide bonds. The van der Waals surface area contributed by atoms with Crippen LogP contribution in [0.5, 0.6) is 0 Å². The van der Waals surface area contributed by atoms with Crippen LogP contribution in [0.1, 0.15) is 30.0 Å². The number of carbonyl (C=O) groups is 3. The van der Waals surface area contributed by atoms with Gasteiger partial charge >= 0.3 is 5.97 Å². The normalized spacial score (nSPS) is 16.5. The summed E-state index contributed by atoms with van der Waals surface area (Å²) in [5, 5.41) is 19.7. The summed E-state index contributed by atoms with van der Waals surface area (Å²) in [5.74, 6) is -2.87. The molecule has 0 aliphatic carbocycles. The number of hydrogen-bond donors (Lipinski definition) is 2. The van der Waals surface area contributed by atoms with Crippen LogP contribution in [0.15, 0.2) is 72.0 Å². The lowest BCUT2D eigenvalue weighted by Gasteiger charge is -2.27. The van der Waals surface area contributed by atoms with Crippen LogP contribution in [0.2, 0.25) is 5.02 Å². The van der Waals surface area contributed by atoms with Gasteiger partial charge < -0.3 is 15.1 Å². The number of carboxylic acid groups (broad SMARTS) is 1. The molecule has 30 heavy (non-hydrogen) atoms. The van der Waals surface area contributed by atoms with Gasteiger partial charge in [0.1, 0.15) is 0 Å². The van der Waals surface area contributed by atoms with Gasteiger partial charge in [0.15, 0.2) is 11.5 Å². The predicted molar refractivity (Wildman–Crippen MR) is 113 cm³/mol. The summed E-state index contributed by atoms with van der Waals surface area (Å²) in [4.78, 5) is 37.9. The van der Waals surface area contributed by atoms with Crippen molar-refractivity contribution >= 4 is 35.3 Å². The summed E-state index contributed by atoms with van der Waals surface area (Å²) < 4.78 is 0. The lowest BCUT2D eigenvalue weighted by molar-refractivity contribution is -0.138. The first-order valence-electron chi connectivity index (χ1n) is 9.38. The lowest BCUT2D eigenvalue weighted by atomic mass is 9.95. The minimum atomic E-state index is -0.991. The number of halogens is 1. The summed E-state index contributed by atoms with van der Waals surface area (Å²) in [6.07, 6.45) is 2.94. The van der Waals surface area contributed by atoms with E-state index in [9.17, 15) is 19.5 Å². The highest BCUT2D eigenvalue weighted by atomic mass is 35.5. The van der Waals surface area contributed by atoms with E-state index in [0.717, 1.165) is 5.56 Å². The second-order valence-corrected chi connectivity index (χ2v) is 7.20. The molecule has 3 rings (SSSR count). The molecular weight excluding hydrogens is 406 g/mol. The molecule has 0 saturated carbocycles. The SMILES string of the molecule is O=C(O)CCCN1C(=O)C(O)=C(C(=O)C=Cc2ccccc2)C1c1ccccc1Cl. The van der Waals surface area contributed by atoms with Crippen molar-refractivity contribution in [3.63, 3.8) is 0 Å². The fourth-order valence-electron chi connectivity index (χ4n) is 3.38. The number of hydrogen-bond acceptors (Lipinski definition) is 4. The molecule has 1 atom stereocenters. The van der Waals surface area contributed by atoms with Crippen LogP contribution >= 0.6 is 11.6 Å². The maximum absolute atomic E-state index is 13.0. The first kappa shape index (κ1) is 21.3. The zero-order valence-electron chi connectivity index (χ0n) is 16.0. The summed E-state index contributed by atoms with van der Waals surface area (Å²) in [7, 11) is 0. The van der Waals surface area contributed by atoms with Gasteiger partial charge in [-0.3, -0.25) is 14.4 Å². The molecule has 0 radical (unpaired) electrons. The van der Waals surface area contributed by atoms with Crippen molar-refractivity contribution in [1.82, 2.24) is 4.90 Å². The maximum atomic E-state index is 13.0. The summed E-state index contributed by atoms with van der Waals surface area (Å²) in [5.41, 5.74) is 1.21. The number of benzene rings is 2. The maximum Gasteiger partial charge on any atom is 0.303 e. The zero-order valence-corrected chi connectivity index (χ0v) is 16.7. The Morgan fingerprint density at radius 2 is 1.73 bits per heavy atom. The van der Waals surface area contributed by atoms with E-state index in [4.69, 9.17) is 16.7 Å². The van der Waals surface area contributed by atoms with E-state index < -0.39 is 29.5 Å². The molecule has 7 heteroatoms. The standard InChI is InChI=1S/C23H20ClNO5/c24-17-10-5-4-9-16(17)21-20(18(26)13-12-15-7-2-1-3-8-15)22(29)23(30)25(21)14-6-11-19(27)28/h1-5,7-10,12-13,21,29H,6,11,14H2,(H,27,28). The highest BCUT2D eigenvalue weighted by Crippen LogP contribution is 2.40. The molecule has 1 heterocycles. The van der Waals surface area contributed by atoms with E-state index in [1.54, 1.807) is 30.3 Å². The van der Waals surface area contributed by atoms with E-state index in [1.165, 1.54) is 11.0 Å². The molecule has 6 nitrogen and oxygen atoms in total. The first-order chi connectivity index (χ1) is 14.4. The highest BCUT2D eigenvalue weighted by Gasteiger charge is 2.43. The number of rotatable bonds is 8. The minimum absolute atomic E-state index is 0.0598. The van der Waals surface area contributed by atoms with E-state index in [-0.39, 0.29) is 25.0 Å². The molecule has 0 aromatic heterocycles. The number of aliphatic hydroxyl groups is 1. The molecule has 2 aromatic rings. The van der Waals surface area contributed by atoms with Crippen LogP contribution in [0.25, 0.3) is 6.08 Å². The van der Waals surface area contributed by atoms with Crippen molar-refractivity contribution in [2.24, 2.45) is 0 Å². The smallest absolute Gasteiger partial charge is 0.303 e. The molecular formula is C23H20ClNO5. The Bertz CT molecular complexity index is 1030. The van der Waals surface area contributed by atoms with Crippen molar-refractivity contribution in [2.45, 2.75) is 18.9 Å². The Kier molecular flexibility index (Phi) is 6.69. The van der Waals surface area contributed by atoms with E-state index in [2.05, 4.69) is 0 Å². The van der Waals surface area contributed by atoms with Crippen LogP contribution in [0.3, 0.4) is 0 Å². The first-order valence-corrected chi connectivity index (χ1v) is 9.75. The minimum Gasteiger partial charge on any atom is -0.503 e. The van der Waals surface area contributed by atoms with Gasteiger partial charge in [-0.2, -0.15) is 0 Å². The summed E-state index contributed by atoms with van der Waals surface area (Å²) in [6.45, 7) is 0.0598. The number of allylic oxidation sites excluding steroid dienone is 1. The van der Waals surface area contributed by atoms with Gasteiger partial charge in [0.2, 0.25) is 0 Å². The van der Waals surface area contributed by atoms with Gasteiger partial charge in [0.25, 0.3) is 5.91 Å². The predicted octanol–water partition coefficient (Wildman–Crippen LogP) is 4.18. The Morgan fingerprint density at radius 3 is 2.40 bits per heavy atom. The molecule has 154 valence electrons. The average Bonchev–Trinajstić information content (AvgIpc) is 2.98. The average molecular weight is 426 g/mol. The van der Waals surface area contributed by atoms with Gasteiger partial charge in [0.05, 0.1) is 11.6 Å². The second kappa shape index (κ2) is 9.41. The van der Waals surface area contributed by atoms with Gasteiger partial charge in [-0.1, -0.05) is 66.2 Å². The number of aliphatic carboxylic acids is 1. The third-order valence-electron chi connectivity index (χ3n) is 4.79. The largest absolute Gasteiger partial charge is 0.503 e. The third-order valence-corrected chi connectivity index (χ3v) is 5.13. The molecule has 1 aliphatic heterocycles. The van der Waals surface area contributed by atoms with E-state index >= 15 is 0 Å². The van der Waals surface area contributed by atoms with E-state index in [1.807, 2.05) is 30.3 Å². The molecule has 0 bridgehead atoms.